The summed E-state index contributed by atoms with van der Waals surface area (Å²) in [5.41, 5.74) is 27.3. The van der Waals surface area contributed by atoms with Crippen LogP contribution in [0.3, 0.4) is 0 Å². The standard InChI is InChI=1S/C47H49B15N2/c48-35-33(36(49)40(53)43(56)39(35)52)31-25-5-1-2-6-26(25)32(34-37(50)41(54)44(57)42(55)38(34)51)28-19-23(15-18-27(28)31)22-11-9-20(10-12-22)21-13-16-24(17-14-21)64-30-8-4-3-7-29(30)63-45(64)46(58,59)47(60,61)62/h1-19H,48-62H2. The summed E-state index contributed by atoms with van der Waals surface area (Å²) in [6, 6.07) is 43.1. The fourth-order valence-corrected chi connectivity index (χ4v) is 10.3. The maximum absolute atomic E-state index is 5.22. The predicted molar refractivity (Wildman–Crippen MR) is 327 cm³/mol. The molecule has 2 nitrogen and oxygen atoms in total. The Bertz CT molecular complexity index is 3330. The molecule has 1 aromatic heterocycles. The van der Waals surface area contributed by atoms with Crippen LogP contribution >= 0.6 is 0 Å². The number of para-hydroxylation sites is 2. The Hall–Kier alpha value is -5.28. The van der Waals surface area contributed by atoms with Crippen molar-refractivity contribution in [3.63, 3.8) is 0 Å². The molecule has 0 saturated heterocycles. The molecule has 0 unspecified atom stereocenters. The van der Waals surface area contributed by atoms with E-state index in [-0.39, 0.29) is 10.3 Å². The molecule has 0 saturated carbocycles. The average molecular weight is 804 g/mol. The van der Waals surface area contributed by atoms with Crippen LogP contribution in [0.1, 0.15) is 5.82 Å². The number of fused-ring (bicyclic) bond motifs is 3. The molecule has 0 aliphatic heterocycles. The predicted octanol–water partition coefficient (Wildman–Crippen LogP) is -10.0. The van der Waals surface area contributed by atoms with Gasteiger partial charge in [-0.3, -0.25) is 4.57 Å². The van der Waals surface area contributed by atoms with Gasteiger partial charge in [0.2, 0.25) is 0 Å². The van der Waals surface area contributed by atoms with E-state index in [2.05, 4.69) is 238 Å². The van der Waals surface area contributed by atoms with Gasteiger partial charge in [0.05, 0.1) is 34.6 Å². The molecule has 292 valence electrons. The Morgan fingerprint density at radius 1 is 0.359 bits per heavy atom. The summed E-state index contributed by atoms with van der Waals surface area (Å²) in [5.74, 6) is 1.09. The lowest BCUT2D eigenvalue weighted by molar-refractivity contribution is 0.757. The van der Waals surface area contributed by atoms with Crippen LogP contribution in [0.25, 0.3) is 82.8 Å². The summed E-state index contributed by atoms with van der Waals surface area (Å²) in [6.07, 6.45) is 0. The molecule has 0 atom stereocenters. The number of imidazole rings is 1. The van der Waals surface area contributed by atoms with Gasteiger partial charge in [-0.25, -0.2) is 4.98 Å². The first-order chi connectivity index (χ1) is 30.3. The van der Waals surface area contributed by atoms with Gasteiger partial charge in [0.1, 0.15) is 100.0 Å². The quantitative estimate of drug-likeness (QED) is 0.116. The van der Waals surface area contributed by atoms with Gasteiger partial charge in [-0.05, 0) is 102 Å². The van der Waals surface area contributed by atoms with E-state index in [1.807, 2.05) is 0 Å². The van der Waals surface area contributed by atoms with Crippen LogP contribution in [-0.2, 0) is 5.21 Å². The lowest BCUT2D eigenvalue weighted by Gasteiger charge is -2.39. The molecular weight excluding hydrogens is 755 g/mol. The second kappa shape index (κ2) is 16.0. The van der Waals surface area contributed by atoms with Crippen molar-refractivity contribution in [1.29, 1.82) is 0 Å². The number of rotatable bonds is 7. The van der Waals surface area contributed by atoms with Crippen LogP contribution < -0.4 is 54.6 Å². The first kappa shape index (κ1) is 44.0. The zero-order valence-corrected chi connectivity index (χ0v) is 40.9. The molecule has 9 rings (SSSR count). The van der Waals surface area contributed by atoms with Crippen molar-refractivity contribution in [1.82, 2.24) is 9.55 Å². The molecule has 64 heavy (non-hydrogen) atoms. The topological polar surface area (TPSA) is 17.8 Å². The Labute approximate surface area is 393 Å². The monoisotopic (exact) mass is 807 g/mol. The summed E-state index contributed by atoms with van der Waals surface area (Å²) in [5, 5.41) is 5.08. The van der Waals surface area contributed by atoms with Gasteiger partial charge in [-0.1, -0.05) is 107 Å². The molecule has 0 bridgehead atoms. The number of aromatic nitrogens is 2. The minimum atomic E-state index is -0.162. The minimum absolute atomic E-state index is 0.0184. The van der Waals surface area contributed by atoms with Crippen LogP contribution in [0.15, 0.2) is 115 Å². The summed E-state index contributed by atoms with van der Waals surface area (Å²) < 4.78 is 2.36. The van der Waals surface area contributed by atoms with Gasteiger partial charge >= 0.3 is 0 Å². The van der Waals surface area contributed by atoms with Crippen molar-refractivity contribution in [2.75, 3.05) is 0 Å². The second-order valence-corrected chi connectivity index (χ2v) is 20.3. The molecule has 0 aliphatic carbocycles. The average Bonchev–Trinajstić information content (AvgIpc) is 3.70. The van der Waals surface area contributed by atoms with Gasteiger partial charge in [-0.15, -0.1) is 37.9 Å². The zero-order valence-electron chi connectivity index (χ0n) is 40.9. The first-order valence-corrected chi connectivity index (χ1v) is 23.2. The molecular formula is C47H49B15N2. The Kier molecular flexibility index (Phi) is 11.0. The zero-order chi connectivity index (χ0) is 45.7. The summed E-state index contributed by atoms with van der Waals surface area (Å²) in [4.78, 5) is 5.22. The molecule has 0 radical (unpaired) electrons. The van der Waals surface area contributed by atoms with E-state index in [1.165, 1.54) is 121 Å². The highest BCUT2D eigenvalue weighted by Crippen LogP contribution is 2.44. The lowest BCUT2D eigenvalue weighted by atomic mass is 9.23. The smallest absolute Gasteiger partial charge is 0.139 e. The summed E-state index contributed by atoms with van der Waals surface area (Å²) in [6.45, 7) is 0. The van der Waals surface area contributed by atoms with Gasteiger partial charge in [-0.2, -0.15) is 0 Å². The van der Waals surface area contributed by atoms with E-state index in [0.29, 0.717) is 0 Å². The molecule has 0 aliphatic rings. The van der Waals surface area contributed by atoms with Crippen molar-refractivity contribution in [3.05, 3.63) is 121 Å². The highest BCUT2D eigenvalue weighted by molar-refractivity contribution is 6.71. The third-order valence-corrected chi connectivity index (χ3v) is 16.2. The van der Waals surface area contributed by atoms with Crippen LogP contribution in [0.2, 0.25) is 5.11 Å². The van der Waals surface area contributed by atoms with E-state index < -0.39 is 0 Å². The van der Waals surface area contributed by atoms with E-state index in [4.69, 9.17) is 4.98 Å². The Balaban J connectivity index is 1.21. The van der Waals surface area contributed by atoms with Gasteiger partial charge in [0.15, 0.2) is 0 Å². The number of nitrogens with zero attached hydrogens (tertiary/aromatic N) is 2. The molecule has 0 fully saturated rings. The Morgan fingerprint density at radius 3 is 1.22 bits per heavy atom. The summed E-state index contributed by atoms with van der Waals surface area (Å²) >= 11 is 0. The maximum atomic E-state index is 5.22. The van der Waals surface area contributed by atoms with Crippen molar-refractivity contribution in [3.8, 4) is 50.2 Å². The van der Waals surface area contributed by atoms with Gasteiger partial charge in [0.25, 0.3) is 0 Å². The molecule has 9 aromatic rings. The molecule has 0 amide bonds. The van der Waals surface area contributed by atoms with E-state index in [9.17, 15) is 0 Å². The van der Waals surface area contributed by atoms with Crippen LogP contribution in [0, 0.1) is 0 Å². The number of hydrogen-bond acceptors (Lipinski definition) is 1. The third kappa shape index (κ3) is 6.82. The van der Waals surface area contributed by atoms with Crippen LogP contribution in [-0.4, -0.2) is 127 Å². The highest BCUT2D eigenvalue weighted by Gasteiger charge is 2.38. The van der Waals surface area contributed by atoms with E-state index in [0.717, 1.165) is 22.5 Å². The van der Waals surface area contributed by atoms with Crippen LogP contribution in [0.5, 0.6) is 0 Å². The molecule has 0 spiro atoms. The third-order valence-electron chi connectivity index (χ3n) is 16.2. The Morgan fingerprint density at radius 2 is 0.734 bits per heavy atom. The van der Waals surface area contributed by atoms with Gasteiger partial charge < -0.3 is 0 Å². The largest absolute Gasteiger partial charge is 0.297 e. The minimum Gasteiger partial charge on any atom is -0.297 e. The molecule has 17 heteroatoms. The van der Waals surface area contributed by atoms with Crippen molar-refractivity contribution in [2.24, 2.45) is 0 Å². The van der Waals surface area contributed by atoms with Crippen molar-refractivity contribution in [2.45, 2.75) is 10.3 Å². The SMILES string of the molecule is Bc1c(B)c(B)c(-c2c3ccccc3c(-c3c(B)c(B)c(B)c(B)c3B)c3cc(-c4ccc(-c5ccc(-n6c(C(B)(B)C(B)(B)B)nc7ccccc76)cc5)cc4)ccc23)c(B)c1B. The fraction of sp³-hybridized carbons (Fsp3) is 0.0426. The first-order valence-electron chi connectivity index (χ1n) is 23.2. The molecule has 0 N–H and O–H groups in total. The van der Waals surface area contributed by atoms with Crippen molar-refractivity contribution < 1.29 is 0 Å². The summed E-state index contributed by atoms with van der Waals surface area (Å²) in [7, 11) is 34.6. The normalized spacial score (nSPS) is 12.1. The number of benzene rings is 8. The maximum Gasteiger partial charge on any atom is 0.139 e. The highest BCUT2D eigenvalue weighted by atomic mass is 15.1. The fourth-order valence-electron chi connectivity index (χ4n) is 10.3. The van der Waals surface area contributed by atoms with Crippen LogP contribution in [0.4, 0.5) is 0 Å². The molecule has 1 heterocycles. The van der Waals surface area contributed by atoms with E-state index >= 15 is 0 Å². The van der Waals surface area contributed by atoms with Crippen molar-refractivity contribution >= 4 is 205 Å². The molecule has 8 aromatic carbocycles. The second-order valence-electron chi connectivity index (χ2n) is 20.3. The lowest BCUT2D eigenvalue weighted by Crippen LogP contribution is -2.55. The number of hydrogen-bond donors (Lipinski definition) is 0. The van der Waals surface area contributed by atoms with E-state index in [1.54, 1.807) is 0 Å². The van der Waals surface area contributed by atoms with Gasteiger partial charge in [0, 0.05) is 5.69 Å².